The molecule has 0 bridgehead atoms. The summed E-state index contributed by atoms with van der Waals surface area (Å²) in [6, 6.07) is 21.0. The molecule has 0 spiro atoms. The molecule has 0 aromatic heterocycles. The van der Waals surface area contributed by atoms with Gasteiger partial charge in [-0.1, -0.05) is 64.5 Å². The molecule has 0 aliphatic carbocycles. The molecule has 3 aromatic carbocycles. The van der Waals surface area contributed by atoms with Crippen LogP contribution >= 0.6 is 27.7 Å². The van der Waals surface area contributed by atoms with Gasteiger partial charge >= 0.3 is 0 Å². The van der Waals surface area contributed by atoms with Crippen molar-refractivity contribution in [2.75, 3.05) is 12.3 Å². The van der Waals surface area contributed by atoms with Gasteiger partial charge in [0, 0.05) is 22.2 Å². The summed E-state index contributed by atoms with van der Waals surface area (Å²) in [7, 11) is -3.57. The maximum Gasteiger partial charge on any atom is 0.245 e. The minimum atomic E-state index is -3.57. The van der Waals surface area contributed by atoms with E-state index >= 15 is 0 Å². The van der Waals surface area contributed by atoms with E-state index in [0.717, 1.165) is 26.6 Å². The first-order valence-electron chi connectivity index (χ1n) is 7.94. The molecule has 128 valence electrons. The quantitative estimate of drug-likeness (QED) is 0.580. The van der Waals surface area contributed by atoms with Crippen molar-refractivity contribution < 1.29 is 8.42 Å². The molecule has 1 aliphatic rings. The lowest BCUT2D eigenvalue weighted by Gasteiger charge is -2.24. The highest BCUT2D eigenvalue weighted by atomic mass is 79.9. The van der Waals surface area contributed by atoms with Gasteiger partial charge in [0.05, 0.1) is 10.3 Å². The number of halogens is 1. The molecule has 0 N–H and O–H groups in total. The number of rotatable bonds is 3. The van der Waals surface area contributed by atoms with Crippen LogP contribution < -0.4 is 0 Å². The van der Waals surface area contributed by atoms with E-state index in [-0.39, 0.29) is 5.37 Å². The summed E-state index contributed by atoms with van der Waals surface area (Å²) < 4.78 is 29.4. The lowest BCUT2D eigenvalue weighted by molar-refractivity contribution is 0.435. The highest BCUT2D eigenvalue weighted by Crippen LogP contribution is 2.42. The first-order chi connectivity index (χ1) is 12.1. The third-order valence-electron chi connectivity index (χ3n) is 4.34. The minimum absolute atomic E-state index is 0.183. The lowest BCUT2D eigenvalue weighted by Crippen LogP contribution is -2.30. The Morgan fingerprint density at radius 1 is 0.960 bits per heavy atom. The molecule has 1 saturated heterocycles. The van der Waals surface area contributed by atoms with Crippen LogP contribution in [0, 0.1) is 0 Å². The fourth-order valence-corrected chi connectivity index (χ4v) is 6.86. The van der Waals surface area contributed by atoms with Crippen molar-refractivity contribution in [1.29, 1.82) is 0 Å². The van der Waals surface area contributed by atoms with E-state index < -0.39 is 10.0 Å². The number of benzene rings is 3. The van der Waals surface area contributed by atoms with Crippen LogP contribution in [0.1, 0.15) is 10.9 Å². The molecular weight excluding hydrogens is 418 g/mol. The van der Waals surface area contributed by atoms with Crippen molar-refractivity contribution in [1.82, 2.24) is 4.31 Å². The summed E-state index contributed by atoms with van der Waals surface area (Å²) in [4.78, 5) is 0.384. The molecule has 0 amide bonds. The van der Waals surface area contributed by atoms with Crippen molar-refractivity contribution in [3.8, 4) is 0 Å². The number of fused-ring (bicyclic) bond motifs is 1. The zero-order valence-corrected chi connectivity index (χ0v) is 16.5. The Labute approximate surface area is 160 Å². The summed E-state index contributed by atoms with van der Waals surface area (Å²) in [6.45, 7) is 0.525. The van der Waals surface area contributed by atoms with Gasteiger partial charge in [0.15, 0.2) is 0 Å². The fraction of sp³-hybridized carbons (Fsp3) is 0.158. The normalized spacial score (nSPS) is 18.7. The van der Waals surface area contributed by atoms with Gasteiger partial charge in [-0.15, -0.1) is 11.8 Å². The number of sulfonamides is 1. The van der Waals surface area contributed by atoms with Crippen LogP contribution in [0.2, 0.25) is 0 Å². The predicted molar refractivity (Wildman–Crippen MR) is 107 cm³/mol. The highest BCUT2D eigenvalue weighted by molar-refractivity contribution is 9.10. The smallest absolute Gasteiger partial charge is 0.207 e. The molecule has 6 heteroatoms. The second kappa shape index (κ2) is 6.76. The number of hydrogen-bond acceptors (Lipinski definition) is 3. The van der Waals surface area contributed by atoms with E-state index in [1.807, 2.05) is 60.7 Å². The molecular formula is C19H16BrNO2S2. The van der Waals surface area contributed by atoms with E-state index in [4.69, 9.17) is 0 Å². The summed E-state index contributed by atoms with van der Waals surface area (Å²) in [6.07, 6.45) is 0. The van der Waals surface area contributed by atoms with Gasteiger partial charge in [0.25, 0.3) is 0 Å². The summed E-state index contributed by atoms with van der Waals surface area (Å²) in [5.74, 6) is 0.796. The highest BCUT2D eigenvalue weighted by Gasteiger charge is 2.37. The molecule has 0 radical (unpaired) electrons. The Balaban J connectivity index is 1.80. The van der Waals surface area contributed by atoms with Crippen LogP contribution in [-0.2, 0) is 10.0 Å². The first-order valence-corrected chi connectivity index (χ1v) is 11.2. The predicted octanol–water partition coefficient (Wildman–Crippen LogP) is 5.04. The first kappa shape index (κ1) is 17.1. The molecule has 1 aliphatic heterocycles. The van der Waals surface area contributed by atoms with Crippen molar-refractivity contribution in [3.05, 3.63) is 76.8 Å². The van der Waals surface area contributed by atoms with Crippen molar-refractivity contribution in [3.63, 3.8) is 0 Å². The Morgan fingerprint density at radius 2 is 1.68 bits per heavy atom. The maximum absolute atomic E-state index is 13.4. The Kier molecular flexibility index (Phi) is 4.62. The molecule has 4 rings (SSSR count). The molecule has 25 heavy (non-hydrogen) atoms. The van der Waals surface area contributed by atoms with Crippen LogP contribution in [0.5, 0.6) is 0 Å². The number of thioether (sulfide) groups is 1. The van der Waals surface area contributed by atoms with Crippen LogP contribution in [0.15, 0.2) is 76.1 Å². The summed E-state index contributed by atoms with van der Waals surface area (Å²) in [5.41, 5.74) is 1.01. The van der Waals surface area contributed by atoms with E-state index in [0.29, 0.717) is 11.4 Å². The van der Waals surface area contributed by atoms with Crippen molar-refractivity contribution in [2.45, 2.75) is 10.3 Å². The average Bonchev–Trinajstić information content (AvgIpc) is 3.12. The van der Waals surface area contributed by atoms with Crippen molar-refractivity contribution >= 4 is 48.5 Å². The van der Waals surface area contributed by atoms with E-state index in [1.165, 1.54) is 0 Å². The Hall–Kier alpha value is -1.34. The van der Waals surface area contributed by atoms with Crippen LogP contribution in [0.3, 0.4) is 0 Å². The molecule has 3 aromatic rings. The number of hydrogen-bond donors (Lipinski definition) is 0. The molecule has 1 heterocycles. The molecule has 1 fully saturated rings. The Morgan fingerprint density at radius 3 is 2.48 bits per heavy atom. The zero-order valence-electron chi connectivity index (χ0n) is 13.3. The fourth-order valence-electron chi connectivity index (χ4n) is 3.14. The monoisotopic (exact) mass is 433 g/mol. The van der Waals surface area contributed by atoms with Gasteiger partial charge in [-0.05, 0) is 29.1 Å². The van der Waals surface area contributed by atoms with Gasteiger partial charge < -0.3 is 0 Å². The third-order valence-corrected chi connectivity index (χ3v) is 8.19. The molecule has 1 unspecified atom stereocenters. The van der Waals surface area contributed by atoms with Crippen LogP contribution in [0.4, 0.5) is 0 Å². The topological polar surface area (TPSA) is 37.4 Å². The lowest BCUT2D eigenvalue weighted by atomic mass is 10.1. The number of nitrogens with zero attached hydrogens (tertiary/aromatic N) is 1. The second-order valence-electron chi connectivity index (χ2n) is 5.87. The zero-order chi connectivity index (χ0) is 17.4. The third kappa shape index (κ3) is 3.12. The van der Waals surface area contributed by atoms with Gasteiger partial charge in [-0.3, -0.25) is 0 Å². The molecule has 1 atom stereocenters. The Bertz CT molecular complexity index is 1010. The van der Waals surface area contributed by atoms with E-state index in [1.54, 1.807) is 22.1 Å². The largest absolute Gasteiger partial charge is 0.245 e. The van der Waals surface area contributed by atoms with E-state index in [2.05, 4.69) is 15.9 Å². The van der Waals surface area contributed by atoms with Gasteiger partial charge in [0.1, 0.15) is 0 Å². The van der Waals surface area contributed by atoms with Gasteiger partial charge in [-0.2, -0.15) is 4.31 Å². The van der Waals surface area contributed by atoms with E-state index in [9.17, 15) is 8.42 Å². The molecule has 3 nitrogen and oxygen atoms in total. The van der Waals surface area contributed by atoms with Gasteiger partial charge in [-0.25, -0.2) is 8.42 Å². The minimum Gasteiger partial charge on any atom is -0.207 e. The van der Waals surface area contributed by atoms with Crippen LogP contribution in [-0.4, -0.2) is 25.0 Å². The average molecular weight is 434 g/mol. The summed E-state index contributed by atoms with van der Waals surface area (Å²) in [5, 5.41) is 1.53. The second-order valence-corrected chi connectivity index (χ2v) is 9.83. The standard InChI is InChI=1S/C19H16BrNO2S2/c20-16-10-8-15(9-11-16)19-21(12-13-24-19)25(22,23)18-7-3-5-14-4-1-2-6-17(14)18/h1-11,19H,12-13H2. The maximum atomic E-state index is 13.4. The molecule has 0 saturated carbocycles. The summed E-state index contributed by atoms with van der Waals surface area (Å²) >= 11 is 5.10. The van der Waals surface area contributed by atoms with Crippen LogP contribution in [0.25, 0.3) is 10.8 Å². The SMILES string of the molecule is O=S(=O)(c1cccc2ccccc12)N1CCSC1c1ccc(Br)cc1. The van der Waals surface area contributed by atoms with Gasteiger partial charge in [0.2, 0.25) is 10.0 Å². The van der Waals surface area contributed by atoms with Crippen molar-refractivity contribution in [2.24, 2.45) is 0 Å².